The first-order valence-corrected chi connectivity index (χ1v) is 6.54. The maximum atomic E-state index is 12.2. The van der Waals surface area contributed by atoms with Gasteiger partial charge in [-0.05, 0) is 34.5 Å². The SMILES string of the molecule is CCCCN(CC(N)=O)C(=O)c1cccc(Br)n1. The van der Waals surface area contributed by atoms with Crippen molar-refractivity contribution in [1.29, 1.82) is 0 Å². The predicted octanol–water partition coefficient (Wildman–Crippen LogP) is 1.57. The van der Waals surface area contributed by atoms with Gasteiger partial charge in [-0.25, -0.2) is 4.98 Å². The molecule has 0 aliphatic heterocycles. The minimum absolute atomic E-state index is 0.0764. The normalized spacial score (nSPS) is 10.1. The summed E-state index contributed by atoms with van der Waals surface area (Å²) in [5.74, 6) is -0.794. The summed E-state index contributed by atoms with van der Waals surface area (Å²) in [4.78, 5) is 28.7. The van der Waals surface area contributed by atoms with Gasteiger partial charge in [0.25, 0.3) is 5.91 Å². The molecule has 1 aromatic rings. The number of rotatable bonds is 6. The van der Waals surface area contributed by atoms with E-state index in [0.29, 0.717) is 16.8 Å². The molecule has 18 heavy (non-hydrogen) atoms. The van der Waals surface area contributed by atoms with Crippen molar-refractivity contribution in [3.8, 4) is 0 Å². The third-order valence-corrected chi connectivity index (χ3v) is 2.79. The van der Waals surface area contributed by atoms with Gasteiger partial charge < -0.3 is 10.6 Å². The molecule has 6 heteroatoms. The van der Waals surface area contributed by atoms with Gasteiger partial charge in [-0.1, -0.05) is 19.4 Å². The molecule has 1 heterocycles. The molecule has 98 valence electrons. The summed E-state index contributed by atoms with van der Waals surface area (Å²) in [6.07, 6.45) is 1.77. The van der Waals surface area contributed by atoms with Crippen LogP contribution >= 0.6 is 15.9 Å². The van der Waals surface area contributed by atoms with E-state index in [1.807, 2.05) is 6.92 Å². The van der Waals surface area contributed by atoms with Gasteiger partial charge in [0.1, 0.15) is 10.3 Å². The fourth-order valence-electron chi connectivity index (χ4n) is 1.48. The topological polar surface area (TPSA) is 76.3 Å². The van der Waals surface area contributed by atoms with Gasteiger partial charge in [0.2, 0.25) is 5.91 Å². The molecule has 0 aromatic carbocycles. The molecule has 0 bridgehead atoms. The molecule has 2 N–H and O–H groups in total. The van der Waals surface area contributed by atoms with E-state index in [1.54, 1.807) is 18.2 Å². The summed E-state index contributed by atoms with van der Waals surface area (Å²) >= 11 is 3.21. The first kappa shape index (κ1) is 14.6. The summed E-state index contributed by atoms with van der Waals surface area (Å²) in [6.45, 7) is 2.45. The summed E-state index contributed by atoms with van der Waals surface area (Å²) in [7, 11) is 0. The number of unbranched alkanes of at least 4 members (excludes halogenated alkanes) is 1. The lowest BCUT2D eigenvalue weighted by atomic mass is 10.2. The van der Waals surface area contributed by atoms with Crippen molar-refractivity contribution < 1.29 is 9.59 Å². The second-order valence-electron chi connectivity index (χ2n) is 3.89. The number of halogens is 1. The average Bonchev–Trinajstić information content (AvgIpc) is 2.33. The molecule has 0 saturated carbocycles. The number of amides is 2. The highest BCUT2D eigenvalue weighted by Crippen LogP contribution is 2.09. The van der Waals surface area contributed by atoms with E-state index in [0.717, 1.165) is 12.8 Å². The van der Waals surface area contributed by atoms with Crippen LogP contribution in [-0.4, -0.2) is 34.8 Å². The van der Waals surface area contributed by atoms with Crippen LogP contribution in [0.25, 0.3) is 0 Å². The predicted molar refractivity (Wildman–Crippen MR) is 71.9 cm³/mol. The number of aromatic nitrogens is 1. The molecule has 0 fully saturated rings. The Hall–Kier alpha value is -1.43. The quantitative estimate of drug-likeness (QED) is 0.810. The Morgan fingerprint density at radius 2 is 2.17 bits per heavy atom. The number of primary amides is 1. The maximum absolute atomic E-state index is 12.2. The Kier molecular flexibility index (Phi) is 5.77. The molecule has 0 radical (unpaired) electrons. The Labute approximate surface area is 114 Å². The van der Waals surface area contributed by atoms with Gasteiger partial charge in [-0.3, -0.25) is 9.59 Å². The first-order valence-electron chi connectivity index (χ1n) is 5.74. The molecule has 0 aliphatic carbocycles. The van der Waals surface area contributed by atoms with Crippen molar-refractivity contribution in [2.75, 3.05) is 13.1 Å². The molecule has 0 unspecified atom stereocenters. The van der Waals surface area contributed by atoms with Gasteiger partial charge in [-0.2, -0.15) is 0 Å². The van der Waals surface area contributed by atoms with Gasteiger partial charge >= 0.3 is 0 Å². The van der Waals surface area contributed by atoms with Gasteiger partial charge in [0.15, 0.2) is 0 Å². The third kappa shape index (κ3) is 4.44. The summed E-state index contributed by atoms with van der Waals surface area (Å²) in [5, 5.41) is 0. The molecular weight excluding hydrogens is 298 g/mol. The molecular formula is C12H16BrN3O2. The van der Waals surface area contributed by atoms with E-state index in [-0.39, 0.29) is 12.5 Å². The summed E-state index contributed by atoms with van der Waals surface area (Å²) < 4.78 is 0.586. The standard InChI is InChI=1S/C12H16BrN3O2/c1-2-3-7-16(8-11(14)17)12(18)9-5-4-6-10(13)15-9/h4-6H,2-3,7-8H2,1H3,(H2,14,17). The third-order valence-electron chi connectivity index (χ3n) is 2.35. The van der Waals surface area contributed by atoms with Crippen molar-refractivity contribution in [1.82, 2.24) is 9.88 Å². The number of hydrogen-bond donors (Lipinski definition) is 1. The smallest absolute Gasteiger partial charge is 0.272 e. The summed E-state index contributed by atoms with van der Waals surface area (Å²) in [5.41, 5.74) is 5.46. The van der Waals surface area contributed by atoms with Crippen LogP contribution in [0, 0.1) is 0 Å². The van der Waals surface area contributed by atoms with Crippen LogP contribution in [0.1, 0.15) is 30.3 Å². The molecule has 0 atom stereocenters. The van der Waals surface area contributed by atoms with Gasteiger partial charge in [0, 0.05) is 6.54 Å². The van der Waals surface area contributed by atoms with E-state index in [9.17, 15) is 9.59 Å². The van der Waals surface area contributed by atoms with Crippen LogP contribution in [0.2, 0.25) is 0 Å². The number of nitrogens with two attached hydrogens (primary N) is 1. The zero-order chi connectivity index (χ0) is 13.5. The Morgan fingerprint density at radius 3 is 2.72 bits per heavy atom. The highest BCUT2D eigenvalue weighted by atomic mass is 79.9. The number of carbonyl (C=O) groups is 2. The second-order valence-corrected chi connectivity index (χ2v) is 4.70. The molecule has 0 saturated heterocycles. The molecule has 0 spiro atoms. The summed E-state index contributed by atoms with van der Waals surface area (Å²) in [6, 6.07) is 5.08. The highest BCUT2D eigenvalue weighted by molar-refractivity contribution is 9.10. The number of nitrogens with zero attached hydrogens (tertiary/aromatic N) is 2. The number of carbonyl (C=O) groups excluding carboxylic acids is 2. The molecule has 5 nitrogen and oxygen atoms in total. The minimum Gasteiger partial charge on any atom is -0.368 e. The van der Waals surface area contributed by atoms with Crippen LogP contribution < -0.4 is 5.73 Å². The van der Waals surface area contributed by atoms with E-state index in [1.165, 1.54) is 4.90 Å². The van der Waals surface area contributed by atoms with Crippen LogP contribution in [0.15, 0.2) is 22.8 Å². The largest absolute Gasteiger partial charge is 0.368 e. The molecule has 2 amide bonds. The van der Waals surface area contributed by atoms with E-state index < -0.39 is 5.91 Å². The van der Waals surface area contributed by atoms with Crippen molar-refractivity contribution in [2.45, 2.75) is 19.8 Å². The van der Waals surface area contributed by atoms with Crippen molar-refractivity contribution in [2.24, 2.45) is 5.73 Å². The van der Waals surface area contributed by atoms with Crippen LogP contribution in [0.3, 0.4) is 0 Å². The average molecular weight is 314 g/mol. The lowest BCUT2D eigenvalue weighted by Crippen LogP contribution is -2.39. The molecule has 1 aromatic heterocycles. The second kappa shape index (κ2) is 7.10. The Morgan fingerprint density at radius 1 is 1.44 bits per heavy atom. The molecule has 1 rings (SSSR count). The van der Waals surface area contributed by atoms with Gasteiger partial charge in [0.05, 0.1) is 6.54 Å². The zero-order valence-corrected chi connectivity index (χ0v) is 11.8. The van der Waals surface area contributed by atoms with Crippen LogP contribution in [0.5, 0.6) is 0 Å². The van der Waals surface area contributed by atoms with Crippen LogP contribution in [0.4, 0.5) is 0 Å². The Balaban J connectivity index is 2.83. The fraction of sp³-hybridized carbons (Fsp3) is 0.417. The van der Waals surface area contributed by atoms with E-state index in [4.69, 9.17) is 5.73 Å². The maximum Gasteiger partial charge on any atom is 0.272 e. The fourth-order valence-corrected chi connectivity index (χ4v) is 1.82. The van der Waals surface area contributed by atoms with Gasteiger partial charge in [-0.15, -0.1) is 0 Å². The zero-order valence-electron chi connectivity index (χ0n) is 10.2. The van der Waals surface area contributed by atoms with Crippen molar-refractivity contribution in [3.05, 3.63) is 28.5 Å². The molecule has 0 aliphatic rings. The minimum atomic E-state index is -0.519. The Bertz CT molecular complexity index is 437. The van der Waals surface area contributed by atoms with Crippen molar-refractivity contribution in [3.63, 3.8) is 0 Å². The lowest BCUT2D eigenvalue weighted by Gasteiger charge is -2.20. The van der Waals surface area contributed by atoms with Crippen molar-refractivity contribution >= 4 is 27.7 Å². The highest BCUT2D eigenvalue weighted by Gasteiger charge is 2.18. The van der Waals surface area contributed by atoms with E-state index >= 15 is 0 Å². The monoisotopic (exact) mass is 313 g/mol. The number of hydrogen-bond acceptors (Lipinski definition) is 3. The van der Waals surface area contributed by atoms with E-state index in [2.05, 4.69) is 20.9 Å². The number of pyridine rings is 1. The lowest BCUT2D eigenvalue weighted by molar-refractivity contribution is -0.118. The van der Waals surface area contributed by atoms with Crippen LogP contribution in [-0.2, 0) is 4.79 Å². The first-order chi connectivity index (χ1) is 8.54.